The molecular weight excluding hydrogens is 272 g/mol. The van der Waals surface area contributed by atoms with Crippen LogP contribution in [0, 0.1) is 11.8 Å². The third-order valence-electron chi connectivity index (χ3n) is 3.60. The first-order chi connectivity index (χ1) is 9.52. The number of hydrogen-bond acceptors (Lipinski definition) is 2. The molecule has 3 nitrogen and oxygen atoms in total. The Hall–Kier alpha value is -1.06. The molecule has 3 N–H and O–H groups in total. The van der Waals surface area contributed by atoms with Gasteiger partial charge >= 0.3 is 0 Å². The van der Waals surface area contributed by atoms with Crippen molar-refractivity contribution < 1.29 is 4.79 Å². The third-order valence-corrected chi connectivity index (χ3v) is 3.84. The van der Waals surface area contributed by atoms with Crippen LogP contribution >= 0.6 is 11.6 Å². The van der Waals surface area contributed by atoms with Crippen molar-refractivity contribution >= 4 is 17.5 Å². The molecule has 0 bridgehead atoms. The SMILES string of the molecule is CC(C)C(CCN)CCC(=O)NCc1cccc(Cl)c1. The van der Waals surface area contributed by atoms with Gasteiger partial charge in [0, 0.05) is 18.0 Å². The Morgan fingerprint density at radius 1 is 1.35 bits per heavy atom. The van der Waals surface area contributed by atoms with Gasteiger partial charge in [0.05, 0.1) is 0 Å². The highest BCUT2D eigenvalue weighted by molar-refractivity contribution is 6.30. The van der Waals surface area contributed by atoms with Crippen LogP contribution in [-0.4, -0.2) is 12.5 Å². The fourth-order valence-corrected chi connectivity index (χ4v) is 2.49. The predicted molar refractivity (Wildman–Crippen MR) is 84.5 cm³/mol. The second-order valence-corrected chi connectivity index (χ2v) is 5.96. The Morgan fingerprint density at radius 3 is 2.70 bits per heavy atom. The lowest BCUT2D eigenvalue weighted by Gasteiger charge is -2.19. The summed E-state index contributed by atoms with van der Waals surface area (Å²) in [6.07, 6.45) is 2.44. The number of nitrogens with two attached hydrogens (primary N) is 1. The molecular formula is C16H25ClN2O. The van der Waals surface area contributed by atoms with Gasteiger partial charge in [-0.3, -0.25) is 4.79 Å². The number of rotatable bonds is 8. The van der Waals surface area contributed by atoms with E-state index in [1.165, 1.54) is 0 Å². The number of amides is 1. The summed E-state index contributed by atoms with van der Waals surface area (Å²) in [6, 6.07) is 7.54. The Labute approximate surface area is 126 Å². The maximum absolute atomic E-state index is 11.9. The highest BCUT2D eigenvalue weighted by Gasteiger charge is 2.14. The molecule has 0 heterocycles. The van der Waals surface area contributed by atoms with Crippen molar-refractivity contribution in [2.75, 3.05) is 6.54 Å². The van der Waals surface area contributed by atoms with E-state index in [0.717, 1.165) is 18.4 Å². The average Bonchev–Trinajstić information content (AvgIpc) is 2.41. The molecule has 1 amide bonds. The molecule has 0 aliphatic rings. The molecule has 20 heavy (non-hydrogen) atoms. The number of halogens is 1. The number of carbonyl (C=O) groups is 1. The summed E-state index contributed by atoms with van der Waals surface area (Å²) in [5.74, 6) is 1.18. The summed E-state index contributed by atoms with van der Waals surface area (Å²) in [7, 11) is 0. The fraction of sp³-hybridized carbons (Fsp3) is 0.562. The third kappa shape index (κ3) is 6.40. The molecule has 112 valence electrons. The number of benzene rings is 1. The van der Waals surface area contributed by atoms with E-state index < -0.39 is 0 Å². The fourth-order valence-electron chi connectivity index (χ4n) is 2.28. The lowest BCUT2D eigenvalue weighted by Crippen LogP contribution is -2.24. The van der Waals surface area contributed by atoms with Crippen molar-refractivity contribution in [3.05, 3.63) is 34.9 Å². The van der Waals surface area contributed by atoms with Crippen LogP contribution in [0.15, 0.2) is 24.3 Å². The lowest BCUT2D eigenvalue weighted by molar-refractivity contribution is -0.121. The predicted octanol–water partition coefficient (Wildman–Crippen LogP) is 3.36. The van der Waals surface area contributed by atoms with Crippen LogP contribution in [0.3, 0.4) is 0 Å². The van der Waals surface area contributed by atoms with Crippen LogP contribution < -0.4 is 11.1 Å². The molecule has 0 saturated carbocycles. The van der Waals surface area contributed by atoms with E-state index >= 15 is 0 Å². The molecule has 0 saturated heterocycles. The van der Waals surface area contributed by atoms with E-state index in [1.54, 1.807) is 0 Å². The molecule has 1 unspecified atom stereocenters. The van der Waals surface area contributed by atoms with Crippen molar-refractivity contribution in [3.63, 3.8) is 0 Å². The topological polar surface area (TPSA) is 55.1 Å². The molecule has 0 radical (unpaired) electrons. The van der Waals surface area contributed by atoms with Gasteiger partial charge in [-0.15, -0.1) is 0 Å². The minimum atomic E-state index is 0.0904. The van der Waals surface area contributed by atoms with Crippen LogP contribution in [0.25, 0.3) is 0 Å². The Bertz CT molecular complexity index is 421. The maximum Gasteiger partial charge on any atom is 0.220 e. The first-order valence-electron chi connectivity index (χ1n) is 7.24. The van der Waals surface area contributed by atoms with E-state index in [4.69, 9.17) is 17.3 Å². The summed E-state index contributed by atoms with van der Waals surface area (Å²) in [5, 5.41) is 3.63. The van der Waals surface area contributed by atoms with E-state index in [0.29, 0.717) is 36.4 Å². The first kappa shape index (κ1) is 17.0. The van der Waals surface area contributed by atoms with Gasteiger partial charge in [-0.1, -0.05) is 37.6 Å². The van der Waals surface area contributed by atoms with E-state index in [1.807, 2.05) is 24.3 Å². The maximum atomic E-state index is 11.9. The van der Waals surface area contributed by atoms with Crippen molar-refractivity contribution in [2.24, 2.45) is 17.6 Å². The zero-order valence-electron chi connectivity index (χ0n) is 12.4. The van der Waals surface area contributed by atoms with Crippen molar-refractivity contribution in [1.82, 2.24) is 5.32 Å². The molecule has 4 heteroatoms. The monoisotopic (exact) mass is 296 g/mol. The minimum absolute atomic E-state index is 0.0904. The van der Waals surface area contributed by atoms with Crippen LogP contribution in [0.1, 0.15) is 38.7 Å². The van der Waals surface area contributed by atoms with Gasteiger partial charge in [0.15, 0.2) is 0 Å². The number of carbonyl (C=O) groups excluding carboxylic acids is 1. The zero-order chi connectivity index (χ0) is 15.0. The quantitative estimate of drug-likeness (QED) is 0.773. The molecule has 1 aromatic rings. The van der Waals surface area contributed by atoms with E-state index in [2.05, 4.69) is 19.2 Å². The average molecular weight is 297 g/mol. The van der Waals surface area contributed by atoms with Crippen molar-refractivity contribution in [2.45, 2.75) is 39.7 Å². The molecule has 0 aliphatic carbocycles. The van der Waals surface area contributed by atoms with Crippen molar-refractivity contribution in [1.29, 1.82) is 0 Å². The Balaban J connectivity index is 2.33. The number of nitrogens with one attached hydrogen (secondary N) is 1. The van der Waals surface area contributed by atoms with Crippen LogP contribution in [0.4, 0.5) is 0 Å². The van der Waals surface area contributed by atoms with Gasteiger partial charge in [0.1, 0.15) is 0 Å². The van der Waals surface area contributed by atoms with Crippen LogP contribution in [0.2, 0.25) is 5.02 Å². The second-order valence-electron chi connectivity index (χ2n) is 5.53. The number of hydrogen-bond donors (Lipinski definition) is 2. The molecule has 0 spiro atoms. The molecule has 0 aromatic heterocycles. The smallest absolute Gasteiger partial charge is 0.220 e. The van der Waals surface area contributed by atoms with Gasteiger partial charge in [-0.25, -0.2) is 0 Å². The largest absolute Gasteiger partial charge is 0.352 e. The zero-order valence-corrected chi connectivity index (χ0v) is 13.1. The molecule has 1 rings (SSSR count). The van der Waals surface area contributed by atoms with Crippen LogP contribution in [-0.2, 0) is 11.3 Å². The molecule has 0 aliphatic heterocycles. The summed E-state index contributed by atoms with van der Waals surface area (Å²) in [4.78, 5) is 11.9. The molecule has 0 fully saturated rings. The summed E-state index contributed by atoms with van der Waals surface area (Å²) in [5.41, 5.74) is 6.63. The van der Waals surface area contributed by atoms with E-state index in [-0.39, 0.29) is 5.91 Å². The van der Waals surface area contributed by atoms with Gasteiger partial charge in [0.2, 0.25) is 5.91 Å². The van der Waals surface area contributed by atoms with Gasteiger partial charge < -0.3 is 11.1 Å². The Morgan fingerprint density at radius 2 is 2.10 bits per heavy atom. The summed E-state index contributed by atoms with van der Waals surface area (Å²) in [6.45, 7) is 5.59. The van der Waals surface area contributed by atoms with Crippen molar-refractivity contribution in [3.8, 4) is 0 Å². The lowest BCUT2D eigenvalue weighted by atomic mass is 9.88. The van der Waals surface area contributed by atoms with Crippen LogP contribution in [0.5, 0.6) is 0 Å². The Kier molecular flexibility index (Phi) is 7.63. The molecule has 1 aromatic carbocycles. The standard InChI is InChI=1S/C16H25ClN2O/c1-12(2)14(8-9-18)6-7-16(20)19-11-13-4-3-5-15(17)10-13/h3-5,10,12,14H,6-9,11,18H2,1-2H3,(H,19,20). The molecule has 1 atom stereocenters. The second kappa shape index (κ2) is 8.98. The highest BCUT2D eigenvalue weighted by atomic mass is 35.5. The highest BCUT2D eigenvalue weighted by Crippen LogP contribution is 2.20. The summed E-state index contributed by atoms with van der Waals surface area (Å²) >= 11 is 5.91. The van der Waals surface area contributed by atoms with E-state index in [9.17, 15) is 4.79 Å². The summed E-state index contributed by atoms with van der Waals surface area (Å²) < 4.78 is 0. The van der Waals surface area contributed by atoms with Gasteiger partial charge in [0.25, 0.3) is 0 Å². The minimum Gasteiger partial charge on any atom is -0.352 e. The normalized spacial score (nSPS) is 12.4. The first-order valence-corrected chi connectivity index (χ1v) is 7.62. The van der Waals surface area contributed by atoms with Gasteiger partial charge in [-0.2, -0.15) is 0 Å². The van der Waals surface area contributed by atoms with Gasteiger partial charge in [-0.05, 0) is 48.9 Å².